The molecular formula is C25H36N4O. The number of hydrogen-bond acceptors (Lipinski definition) is 4. The standard InChI is InChI=1S/C25H36N4O/c1-3-13-27(14-4-1)19-21-11-15-28(16-12-21)24-9-7-22(8-10-24)23-18-26-29(20-23)25-6-2-5-17-30-25/h7-10,18,20-21,25H,1-6,11-17,19H2. The lowest BCUT2D eigenvalue weighted by molar-refractivity contribution is -0.0394. The lowest BCUT2D eigenvalue weighted by atomic mass is 9.95. The Morgan fingerprint density at radius 2 is 1.63 bits per heavy atom. The molecule has 3 saturated heterocycles. The van der Waals surface area contributed by atoms with Gasteiger partial charge in [0, 0.05) is 43.7 Å². The maximum Gasteiger partial charge on any atom is 0.150 e. The molecule has 0 spiro atoms. The number of benzene rings is 1. The molecule has 0 bridgehead atoms. The van der Waals surface area contributed by atoms with Crippen molar-refractivity contribution in [3.8, 4) is 11.1 Å². The van der Waals surface area contributed by atoms with Crippen LogP contribution >= 0.6 is 0 Å². The van der Waals surface area contributed by atoms with E-state index in [1.54, 1.807) is 0 Å². The summed E-state index contributed by atoms with van der Waals surface area (Å²) in [7, 11) is 0. The zero-order valence-corrected chi connectivity index (χ0v) is 18.2. The van der Waals surface area contributed by atoms with Gasteiger partial charge in [0.25, 0.3) is 0 Å². The number of ether oxygens (including phenoxy) is 1. The van der Waals surface area contributed by atoms with Crippen molar-refractivity contribution in [1.82, 2.24) is 14.7 Å². The molecule has 0 saturated carbocycles. The predicted molar refractivity (Wildman–Crippen MR) is 122 cm³/mol. The number of anilines is 1. The van der Waals surface area contributed by atoms with Crippen LogP contribution < -0.4 is 4.90 Å². The summed E-state index contributed by atoms with van der Waals surface area (Å²) in [4.78, 5) is 5.27. The summed E-state index contributed by atoms with van der Waals surface area (Å²) >= 11 is 0. The highest BCUT2D eigenvalue weighted by atomic mass is 16.5. The summed E-state index contributed by atoms with van der Waals surface area (Å²) in [6.45, 7) is 7.20. The van der Waals surface area contributed by atoms with Gasteiger partial charge in [0.05, 0.1) is 6.20 Å². The van der Waals surface area contributed by atoms with Crippen LogP contribution in [0.5, 0.6) is 0 Å². The van der Waals surface area contributed by atoms with Crippen molar-refractivity contribution in [1.29, 1.82) is 0 Å². The number of nitrogens with zero attached hydrogens (tertiary/aromatic N) is 4. The Morgan fingerprint density at radius 3 is 2.37 bits per heavy atom. The van der Waals surface area contributed by atoms with Crippen LogP contribution in [-0.2, 0) is 4.74 Å². The van der Waals surface area contributed by atoms with Crippen LogP contribution in [0.3, 0.4) is 0 Å². The molecule has 0 aliphatic carbocycles. The average Bonchev–Trinajstić information content (AvgIpc) is 3.32. The van der Waals surface area contributed by atoms with E-state index in [0.29, 0.717) is 0 Å². The fraction of sp³-hybridized carbons (Fsp3) is 0.640. The van der Waals surface area contributed by atoms with Gasteiger partial charge in [-0.15, -0.1) is 0 Å². The third-order valence-corrected chi connectivity index (χ3v) is 7.20. The smallest absolute Gasteiger partial charge is 0.150 e. The zero-order valence-electron chi connectivity index (χ0n) is 18.2. The minimum atomic E-state index is 0.109. The van der Waals surface area contributed by atoms with Crippen molar-refractivity contribution in [2.45, 2.75) is 57.6 Å². The second-order valence-corrected chi connectivity index (χ2v) is 9.37. The Bertz CT molecular complexity index is 782. The van der Waals surface area contributed by atoms with E-state index in [2.05, 4.69) is 45.4 Å². The summed E-state index contributed by atoms with van der Waals surface area (Å²) in [5, 5.41) is 4.56. The zero-order chi connectivity index (χ0) is 20.2. The van der Waals surface area contributed by atoms with Gasteiger partial charge in [-0.1, -0.05) is 18.6 Å². The monoisotopic (exact) mass is 408 g/mol. The largest absolute Gasteiger partial charge is 0.372 e. The molecule has 1 atom stereocenters. The summed E-state index contributed by atoms with van der Waals surface area (Å²) in [5.41, 5.74) is 3.77. The van der Waals surface area contributed by atoms with E-state index in [0.717, 1.165) is 18.9 Å². The molecule has 5 nitrogen and oxygen atoms in total. The second-order valence-electron chi connectivity index (χ2n) is 9.37. The van der Waals surface area contributed by atoms with E-state index >= 15 is 0 Å². The molecular weight excluding hydrogens is 372 g/mol. The van der Waals surface area contributed by atoms with Gasteiger partial charge in [-0.05, 0) is 81.6 Å². The van der Waals surface area contributed by atoms with Crippen LogP contribution in [0.15, 0.2) is 36.7 Å². The average molecular weight is 409 g/mol. The van der Waals surface area contributed by atoms with Crippen molar-refractivity contribution in [2.24, 2.45) is 5.92 Å². The van der Waals surface area contributed by atoms with E-state index in [4.69, 9.17) is 4.74 Å². The molecule has 0 amide bonds. The summed E-state index contributed by atoms with van der Waals surface area (Å²) in [5.74, 6) is 0.881. The number of rotatable bonds is 5. The molecule has 3 aliphatic rings. The Labute approximate surface area is 181 Å². The molecule has 0 radical (unpaired) electrons. The van der Waals surface area contributed by atoms with Crippen LogP contribution in [0.2, 0.25) is 0 Å². The Balaban J connectivity index is 1.15. The molecule has 3 aliphatic heterocycles. The van der Waals surface area contributed by atoms with Gasteiger partial charge in [0.15, 0.2) is 0 Å². The Kier molecular flexibility index (Phi) is 6.37. The molecule has 5 rings (SSSR count). The van der Waals surface area contributed by atoms with Crippen molar-refractivity contribution in [2.75, 3.05) is 44.2 Å². The molecule has 1 aromatic heterocycles. The fourth-order valence-electron chi connectivity index (χ4n) is 5.32. The van der Waals surface area contributed by atoms with Gasteiger partial charge in [-0.2, -0.15) is 5.10 Å². The first kappa shape index (κ1) is 20.1. The molecule has 2 aromatic rings. The lowest BCUT2D eigenvalue weighted by Gasteiger charge is -2.37. The van der Waals surface area contributed by atoms with E-state index < -0.39 is 0 Å². The van der Waals surface area contributed by atoms with Crippen LogP contribution in [-0.4, -0.2) is 54.0 Å². The van der Waals surface area contributed by atoms with Gasteiger partial charge in [0.1, 0.15) is 6.23 Å². The van der Waals surface area contributed by atoms with Gasteiger partial charge in [-0.25, -0.2) is 4.68 Å². The number of piperidine rings is 2. The topological polar surface area (TPSA) is 33.5 Å². The van der Waals surface area contributed by atoms with Gasteiger partial charge in [-0.3, -0.25) is 0 Å². The van der Waals surface area contributed by atoms with E-state index in [9.17, 15) is 0 Å². The minimum absolute atomic E-state index is 0.109. The summed E-state index contributed by atoms with van der Waals surface area (Å²) in [6, 6.07) is 9.07. The Morgan fingerprint density at radius 1 is 0.833 bits per heavy atom. The number of hydrogen-bond donors (Lipinski definition) is 0. The van der Waals surface area contributed by atoms with Gasteiger partial charge >= 0.3 is 0 Å². The first-order valence-electron chi connectivity index (χ1n) is 12.1. The summed E-state index contributed by atoms with van der Waals surface area (Å²) in [6.07, 6.45) is 14.6. The van der Waals surface area contributed by atoms with Crippen molar-refractivity contribution >= 4 is 5.69 Å². The highest BCUT2D eigenvalue weighted by molar-refractivity contribution is 5.65. The summed E-state index contributed by atoms with van der Waals surface area (Å²) < 4.78 is 7.85. The highest BCUT2D eigenvalue weighted by Gasteiger charge is 2.22. The first-order valence-corrected chi connectivity index (χ1v) is 12.1. The maximum absolute atomic E-state index is 5.86. The number of aromatic nitrogens is 2. The highest BCUT2D eigenvalue weighted by Crippen LogP contribution is 2.29. The van der Waals surface area contributed by atoms with E-state index in [-0.39, 0.29) is 6.23 Å². The Hall–Kier alpha value is -1.85. The number of likely N-dealkylation sites (tertiary alicyclic amines) is 1. The molecule has 4 heterocycles. The minimum Gasteiger partial charge on any atom is -0.372 e. The maximum atomic E-state index is 5.86. The molecule has 162 valence electrons. The van der Waals surface area contributed by atoms with Crippen LogP contribution in [0.4, 0.5) is 5.69 Å². The molecule has 3 fully saturated rings. The van der Waals surface area contributed by atoms with Crippen LogP contribution in [0.25, 0.3) is 11.1 Å². The second kappa shape index (κ2) is 9.52. The molecule has 30 heavy (non-hydrogen) atoms. The lowest BCUT2D eigenvalue weighted by Crippen LogP contribution is -2.40. The van der Waals surface area contributed by atoms with Crippen molar-refractivity contribution < 1.29 is 4.74 Å². The molecule has 1 aromatic carbocycles. The van der Waals surface area contributed by atoms with Crippen molar-refractivity contribution in [3.05, 3.63) is 36.7 Å². The third kappa shape index (κ3) is 4.73. The first-order chi connectivity index (χ1) is 14.8. The van der Waals surface area contributed by atoms with Crippen molar-refractivity contribution in [3.63, 3.8) is 0 Å². The predicted octanol–water partition coefficient (Wildman–Crippen LogP) is 4.95. The molecule has 1 unspecified atom stereocenters. The fourth-order valence-corrected chi connectivity index (χ4v) is 5.32. The van der Waals surface area contributed by atoms with Crippen LogP contribution in [0, 0.1) is 5.92 Å². The third-order valence-electron chi connectivity index (χ3n) is 7.20. The van der Waals surface area contributed by atoms with E-state index in [1.807, 2.05) is 10.9 Å². The SMILES string of the molecule is c1cc(N2CCC(CN3CCCCC3)CC2)ccc1-c1cnn(C2CCCCO2)c1. The van der Waals surface area contributed by atoms with Gasteiger partial charge in [0.2, 0.25) is 0 Å². The molecule has 5 heteroatoms. The van der Waals surface area contributed by atoms with Gasteiger partial charge < -0.3 is 14.5 Å². The van der Waals surface area contributed by atoms with Crippen LogP contribution in [0.1, 0.15) is 57.6 Å². The quantitative estimate of drug-likeness (QED) is 0.701. The molecule has 0 N–H and O–H groups in total. The normalized spacial score (nSPS) is 24.3. The van der Waals surface area contributed by atoms with E-state index in [1.165, 1.54) is 94.5 Å².